The minimum Gasteiger partial charge on any atom is -0.493 e. The van der Waals surface area contributed by atoms with Crippen molar-refractivity contribution in [3.63, 3.8) is 0 Å². The Morgan fingerprint density at radius 3 is 0.935 bits per heavy atom. The van der Waals surface area contributed by atoms with Crippen molar-refractivity contribution in [2.24, 2.45) is 0 Å². The van der Waals surface area contributed by atoms with Gasteiger partial charge in [-0.15, -0.1) is 11.6 Å². The monoisotopic (exact) mass is 1910 g/mol. The molecule has 12 aromatic rings. The highest BCUT2D eigenvalue weighted by Crippen LogP contribution is 2.45. The quantitative estimate of drug-likeness (QED) is 0.0337. The van der Waals surface area contributed by atoms with E-state index in [2.05, 4.69) is 64.8 Å². The SMILES string of the molecule is COc1cc2c(Oc3ccc4c(c3F)C=C(C)C4)ncnc2cc1OCCCl.COc1cc2c(Oc3ccc4c(c3F)C=C(C)C4)ncnc2cc1OCCN1CCN(C(=O)OC(C)(C)C)CC1.COc1cc2c(Oc3ccc4c(c3F)C=C(C)C4)ncnc2cc1OCCN1CCN(CC(C)=O)CC1.COc1cc2c(Oc3ccc4c(c3F)C=C(C)C4)ncnc2cc1OCCN1CCNCC1. The third-order valence-electron chi connectivity index (χ3n) is 24.2. The van der Waals surface area contributed by atoms with Crippen molar-refractivity contribution in [2.45, 2.75) is 86.7 Å². The highest BCUT2D eigenvalue weighted by atomic mass is 35.5. The van der Waals surface area contributed by atoms with Gasteiger partial charge in [-0.2, -0.15) is 0 Å². The molecule has 4 aromatic heterocycles. The minimum absolute atomic E-state index is 0.107. The minimum atomic E-state index is -0.507. The molecule has 0 atom stereocenters. The number of ketones is 1. The second-order valence-electron chi connectivity index (χ2n) is 35.5. The second-order valence-corrected chi connectivity index (χ2v) is 35.9. The molecule has 3 aliphatic heterocycles. The fraction of sp³-hybridized carbons (Fsp3) is 0.365. The first-order chi connectivity index (χ1) is 66.7. The van der Waals surface area contributed by atoms with Crippen LogP contribution in [0.2, 0.25) is 0 Å². The third-order valence-corrected chi connectivity index (χ3v) is 24.4. The van der Waals surface area contributed by atoms with Gasteiger partial charge in [0.15, 0.2) is 92.3 Å². The summed E-state index contributed by atoms with van der Waals surface area (Å²) in [6.07, 6.45) is 15.7. The number of carbonyl (C=O) groups is 2. The lowest BCUT2D eigenvalue weighted by atomic mass is 10.1. The highest BCUT2D eigenvalue weighted by molar-refractivity contribution is 6.18. The van der Waals surface area contributed by atoms with Gasteiger partial charge in [0.05, 0.1) is 84.5 Å². The number of Topliss-reactive ketones (excluding diaryl/α,β-unsaturated/α-hetero) is 1. The van der Waals surface area contributed by atoms with Crippen molar-refractivity contribution in [1.82, 2.24) is 69.7 Å². The first-order valence-electron chi connectivity index (χ1n) is 45.9. The molecule has 8 aromatic carbocycles. The van der Waals surface area contributed by atoms with Crippen LogP contribution in [0.15, 0.2) is 145 Å². The summed E-state index contributed by atoms with van der Waals surface area (Å²) in [7, 11) is 6.25. The molecule has 7 heterocycles. The summed E-state index contributed by atoms with van der Waals surface area (Å²) < 4.78 is 135. The summed E-state index contributed by atoms with van der Waals surface area (Å²) in [6, 6.07) is 28.2. The van der Waals surface area contributed by atoms with Crippen molar-refractivity contribution >= 4 is 91.4 Å². The maximum absolute atomic E-state index is 15.2. The van der Waals surface area contributed by atoms with E-state index in [9.17, 15) is 14.0 Å². The molecule has 0 unspecified atom stereocenters. The largest absolute Gasteiger partial charge is 0.493 e. The number of halogens is 5. The van der Waals surface area contributed by atoms with Crippen LogP contribution in [0.4, 0.5) is 22.4 Å². The molecule has 0 bridgehead atoms. The molecular formula is C104H111ClF4N14O15. The third kappa shape index (κ3) is 23.5. The van der Waals surface area contributed by atoms with Gasteiger partial charge >= 0.3 is 6.09 Å². The average molecular weight is 1910 g/mol. The number of piperazine rings is 3. The molecule has 34 heteroatoms. The van der Waals surface area contributed by atoms with Crippen LogP contribution in [0.3, 0.4) is 0 Å². The number of rotatable bonds is 29. The smallest absolute Gasteiger partial charge is 0.410 e. The molecular weight excluding hydrogens is 1800 g/mol. The Kier molecular flexibility index (Phi) is 31.3. The van der Waals surface area contributed by atoms with Gasteiger partial charge in [0.25, 0.3) is 0 Å². The van der Waals surface area contributed by atoms with Crippen LogP contribution in [0.5, 0.6) is 92.5 Å². The van der Waals surface area contributed by atoms with E-state index < -0.39 is 23.1 Å². The van der Waals surface area contributed by atoms with Gasteiger partial charge in [0.2, 0.25) is 23.5 Å². The number of alkyl halides is 1. The number of benzene rings is 8. The van der Waals surface area contributed by atoms with Gasteiger partial charge < -0.3 is 71.8 Å². The first kappa shape index (κ1) is 97.5. The van der Waals surface area contributed by atoms with Gasteiger partial charge in [-0.1, -0.05) is 70.9 Å². The molecule has 19 rings (SSSR count). The molecule has 1 amide bonds. The van der Waals surface area contributed by atoms with Gasteiger partial charge in [-0.25, -0.2) is 62.2 Å². The Hall–Kier alpha value is -13.6. The van der Waals surface area contributed by atoms with Crippen molar-refractivity contribution in [2.75, 3.05) is 165 Å². The predicted octanol–water partition coefficient (Wildman–Crippen LogP) is 18.5. The summed E-state index contributed by atoms with van der Waals surface area (Å²) >= 11 is 5.69. The molecule has 3 saturated heterocycles. The van der Waals surface area contributed by atoms with Crippen LogP contribution in [0.25, 0.3) is 67.9 Å². The number of amides is 1. The van der Waals surface area contributed by atoms with Crippen LogP contribution >= 0.6 is 11.6 Å². The number of carbonyl (C=O) groups excluding carboxylic acids is 2. The van der Waals surface area contributed by atoms with Crippen molar-refractivity contribution in [3.8, 4) is 92.5 Å². The molecule has 0 saturated carbocycles. The van der Waals surface area contributed by atoms with Crippen molar-refractivity contribution in [3.05, 3.63) is 212 Å². The van der Waals surface area contributed by atoms with Crippen molar-refractivity contribution < 1.29 is 88.7 Å². The standard InChI is InChI=1S/C30H35FN4O5.C28H31FN4O4.C25H27FN4O3.C21H18ClFN2O3/c1-19-14-20-6-7-24(27(31)21(20)15-19)39-28-22-16-25(37-5)26(17-23(22)32-18-33-28)38-13-12-34-8-10-35(11-9-34)29(36)40-30(2,3)4;1-18-12-20-4-5-24(27(29)21(20)13-18)37-28-22-14-25(35-3)26(15-23(22)30-17-31-28)36-11-10-32-6-8-33(9-7-32)16-19(2)34;1-16-11-17-3-4-21(24(26)18(17)12-16)33-25-19-13-22(31-2)23(14-20(19)28-15-29-25)32-10-9-30-7-5-27-6-8-30;1-12-7-13-3-4-17(20(23)14(13)8-12)28-21-15-9-18(26-2)19(27-6-5-22)10-16(15)24-11-25-21/h6-7,15-18H,8-14H2,1-5H3;4-5,13-15,17H,6-12,16H2,1-3H3;3-4,12-15,27H,5-11H2,1-2H3;3-4,8-11H,5-7H2,1-2H3. The number of methoxy groups -OCH3 is 4. The first-order valence-corrected chi connectivity index (χ1v) is 46.4. The fourth-order valence-electron chi connectivity index (χ4n) is 17.3. The summed E-state index contributed by atoms with van der Waals surface area (Å²) in [6.45, 7) is 30.0. The van der Waals surface area contributed by atoms with E-state index in [-0.39, 0.29) is 64.2 Å². The lowest BCUT2D eigenvalue weighted by molar-refractivity contribution is -0.118. The van der Waals surface area contributed by atoms with Crippen LogP contribution in [-0.2, 0) is 35.2 Å². The zero-order chi connectivity index (χ0) is 96.8. The van der Waals surface area contributed by atoms with Gasteiger partial charge in [0, 0.05) is 145 Å². The topological polar surface area (TPSA) is 285 Å². The summed E-state index contributed by atoms with van der Waals surface area (Å²) in [5.41, 5.74) is 12.5. The zero-order valence-corrected chi connectivity index (χ0v) is 80.1. The number of aromatic nitrogens is 8. The molecule has 4 aliphatic carbocycles. The van der Waals surface area contributed by atoms with Crippen LogP contribution in [0.1, 0.15) is 99.9 Å². The molecule has 7 aliphatic rings. The van der Waals surface area contributed by atoms with E-state index in [1.54, 1.807) is 99.9 Å². The summed E-state index contributed by atoms with van der Waals surface area (Å²) in [4.78, 5) is 68.8. The number of nitrogens with one attached hydrogen (secondary N) is 1. The van der Waals surface area contributed by atoms with E-state index in [0.717, 1.165) is 149 Å². The van der Waals surface area contributed by atoms with Crippen LogP contribution in [-0.4, -0.2) is 247 Å². The zero-order valence-electron chi connectivity index (χ0n) is 79.4. The Labute approximate surface area is 802 Å². The van der Waals surface area contributed by atoms with Gasteiger partial charge in [-0.05, 0) is 152 Å². The highest BCUT2D eigenvalue weighted by Gasteiger charge is 2.31. The maximum Gasteiger partial charge on any atom is 0.410 e. The fourth-order valence-corrected chi connectivity index (χ4v) is 17.4. The molecule has 0 spiro atoms. The van der Waals surface area contributed by atoms with E-state index in [1.165, 1.54) is 32.4 Å². The van der Waals surface area contributed by atoms with Crippen LogP contribution in [0, 0.1) is 23.3 Å². The predicted molar refractivity (Wildman–Crippen MR) is 519 cm³/mol. The van der Waals surface area contributed by atoms with E-state index in [4.69, 9.17) is 73.2 Å². The lowest BCUT2D eigenvalue weighted by Gasteiger charge is -2.35. The second kappa shape index (κ2) is 44.3. The summed E-state index contributed by atoms with van der Waals surface area (Å²) in [5, 5.41) is 5.73. The molecule has 0 radical (unpaired) electrons. The molecule has 29 nitrogen and oxygen atoms in total. The average Bonchev–Trinajstić information content (AvgIpc) is 1.68. The summed E-state index contributed by atoms with van der Waals surface area (Å²) in [5.74, 6) is 4.73. The maximum atomic E-state index is 15.2. The molecule has 1 N–H and O–H groups in total. The molecule has 3 fully saturated rings. The normalized spacial score (nSPS) is 15.2. The van der Waals surface area contributed by atoms with Gasteiger partial charge in [-0.3, -0.25) is 24.4 Å². The Morgan fingerprint density at radius 2 is 0.652 bits per heavy atom. The van der Waals surface area contributed by atoms with Gasteiger partial charge in [0.1, 0.15) is 63.1 Å². The number of fused-ring (bicyclic) bond motifs is 8. The van der Waals surface area contributed by atoms with E-state index in [0.29, 0.717) is 170 Å². The number of nitrogens with zero attached hydrogens (tertiary/aromatic N) is 13. The Balaban J connectivity index is 0.000000134. The number of allylic oxidation sites excluding steroid dienone is 4. The number of ether oxygens (including phenoxy) is 13. The molecule has 138 heavy (non-hydrogen) atoms. The Bertz CT molecular complexity index is 6660. The van der Waals surface area contributed by atoms with Crippen molar-refractivity contribution in [1.29, 1.82) is 0 Å². The lowest BCUT2D eigenvalue weighted by Crippen LogP contribution is -2.50. The van der Waals surface area contributed by atoms with Crippen LogP contribution < -0.4 is 62.2 Å². The molecule has 722 valence electrons. The number of hydrogen-bond donors (Lipinski definition) is 1. The van der Waals surface area contributed by atoms with E-state index in [1.807, 2.05) is 103 Å². The number of hydrogen-bond acceptors (Lipinski definition) is 28. The Morgan fingerprint density at radius 1 is 0.370 bits per heavy atom. The van der Waals surface area contributed by atoms with E-state index >= 15 is 13.2 Å².